The summed E-state index contributed by atoms with van der Waals surface area (Å²) in [7, 11) is 0. The van der Waals surface area contributed by atoms with E-state index < -0.39 is 0 Å². The van der Waals surface area contributed by atoms with Crippen molar-refractivity contribution in [3.05, 3.63) is 11.6 Å². The number of carbonyl (C=O) groups is 1. The van der Waals surface area contributed by atoms with Gasteiger partial charge in [0.1, 0.15) is 5.78 Å². The first kappa shape index (κ1) is 12.2. The van der Waals surface area contributed by atoms with E-state index in [1.165, 1.54) is 29.9 Å². The van der Waals surface area contributed by atoms with E-state index in [0.717, 1.165) is 25.7 Å². The van der Waals surface area contributed by atoms with Crippen LogP contribution in [0.2, 0.25) is 0 Å². The predicted octanol–water partition coefficient (Wildman–Crippen LogP) is 4.03. The molecule has 17 heavy (non-hydrogen) atoms. The molecule has 3 rings (SSSR count). The van der Waals surface area contributed by atoms with Gasteiger partial charge in [-0.3, -0.25) is 4.79 Å². The first-order valence-electron chi connectivity index (χ1n) is 6.68. The molecule has 1 nitrogen and oxygen atoms in total. The number of hydrogen-bond donors (Lipinski definition) is 0. The van der Waals surface area contributed by atoms with Crippen LogP contribution in [-0.4, -0.2) is 21.4 Å². The Labute approximate surface area is 112 Å². The van der Waals surface area contributed by atoms with Crippen molar-refractivity contribution < 1.29 is 4.79 Å². The molecule has 1 atom stereocenters. The number of thioether (sulfide) groups is 2. The average molecular weight is 268 g/mol. The van der Waals surface area contributed by atoms with Gasteiger partial charge in [-0.15, -0.1) is 23.5 Å². The molecule has 2 aliphatic carbocycles. The van der Waals surface area contributed by atoms with E-state index in [1.807, 2.05) is 0 Å². The summed E-state index contributed by atoms with van der Waals surface area (Å²) in [6, 6.07) is 0. The highest BCUT2D eigenvalue weighted by Gasteiger charge is 2.46. The highest BCUT2D eigenvalue weighted by Crippen LogP contribution is 2.56. The van der Waals surface area contributed by atoms with Crippen LogP contribution in [0.25, 0.3) is 0 Å². The van der Waals surface area contributed by atoms with Crippen molar-refractivity contribution >= 4 is 29.3 Å². The highest BCUT2D eigenvalue weighted by atomic mass is 32.2. The number of allylic oxidation sites excluding steroid dienone is 1. The topological polar surface area (TPSA) is 17.1 Å². The van der Waals surface area contributed by atoms with Crippen molar-refractivity contribution in [2.45, 2.75) is 49.5 Å². The molecule has 1 unspecified atom stereocenters. The molecule has 2 fully saturated rings. The monoisotopic (exact) mass is 268 g/mol. The predicted molar refractivity (Wildman–Crippen MR) is 76.5 cm³/mol. The normalized spacial score (nSPS) is 36.5. The van der Waals surface area contributed by atoms with Gasteiger partial charge in [-0.25, -0.2) is 0 Å². The van der Waals surface area contributed by atoms with E-state index in [4.69, 9.17) is 0 Å². The van der Waals surface area contributed by atoms with E-state index in [0.29, 0.717) is 9.86 Å². The van der Waals surface area contributed by atoms with E-state index in [9.17, 15) is 4.79 Å². The minimum atomic E-state index is -0.0952. The molecule has 1 saturated heterocycles. The third-order valence-electron chi connectivity index (χ3n) is 4.52. The lowest BCUT2D eigenvalue weighted by atomic mass is 9.65. The van der Waals surface area contributed by atoms with Gasteiger partial charge in [-0.1, -0.05) is 11.6 Å². The number of ketones is 1. The van der Waals surface area contributed by atoms with Crippen molar-refractivity contribution in [3.63, 3.8) is 0 Å². The number of hydrogen-bond acceptors (Lipinski definition) is 3. The van der Waals surface area contributed by atoms with Crippen molar-refractivity contribution in [2.24, 2.45) is 5.41 Å². The molecule has 0 radical (unpaired) electrons. The number of Topliss-reactive ketones (excluding diaryl/α,β-unsaturated/α-hetero) is 1. The standard InChI is InChI=1S/C14H20OS2/c1-13-6-7-14(16-8-3-9-17-14)10-11(13)4-2-5-12(13)15/h10H,2-9H2,1H3. The van der Waals surface area contributed by atoms with Crippen LogP contribution in [0.15, 0.2) is 11.6 Å². The van der Waals surface area contributed by atoms with Crippen molar-refractivity contribution in [3.8, 4) is 0 Å². The Morgan fingerprint density at radius 2 is 1.88 bits per heavy atom. The fourth-order valence-electron chi connectivity index (χ4n) is 3.28. The molecule has 0 N–H and O–H groups in total. The third kappa shape index (κ3) is 1.99. The summed E-state index contributed by atoms with van der Waals surface area (Å²) in [4.78, 5) is 12.2. The zero-order chi connectivity index (χ0) is 11.9. The summed E-state index contributed by atoms with van der Waals surface area (Å²) >= 11 is 4.23. The van der Waals surface area contributed by atoms with Crippen LogP contribution in [0.4, 0.5) is 0 Å². The van der Waals surface area contributed by atoms with Crippen LogP contribution in [-0.2, 0) is 4.79 Å². The van der Waals surface area contributed by atoms with Crippen LogP contribution in [0.3, 0.4) is 0 Å². The van der Waals surface area contributed by atoms with Gasteiger partial charge in [0.25, 0.3) is 0 Å². The molecule has 0 amide bonds. The molecule has 0 aromatic carbocycles. The Morgan fingerprint density at radius 3 is 2.65 bits per heavy atom. The van der Waals surface area contributed by atoms with Crippen molar-refractivity contribution in [1.82, 2.24) is 0 Å². The highest BCUT2D eigenvalue weighted by molar-refractivity contribution is 8.19. The van der Waals surface area contributed by atoms with Gasteiger partial charge in [0.2, 0.25) is 0 Å². The summed E-state index contributed by atoms with van der Waals surface area (Å²) in [6.07, 6.45) is 9.14. The molecule has 3 aliphatic rings. The Balaban J connectivity index is 1.93. The van der Waals surface area contributed by atoms with E-state index in [1.54, 1.807) is 0 Å². The Kier molecular flexibility index (Phi) is 3.10. The van der Waals surface area contributed by atoms with E-state index in [2.05, 4.69) is 36.5 Å². The number of fused-ring (bicyclic) bond motifs is 1. The van der Waals surface area contributed by atoms with Crippen LogP contribution in [0.5, 0.6) is 0 Å². The first-order valence-corrected chi connectivity index (χ1v) is 8.65. The molecule has 0 bridgehead atoms. The molecular formula is C14H20OS2. The molecule has 1 saturated carbocycles. The Morgan fingerprint density at radius 1 is 1.12 bits per heavy atom. The second kappa shape index (κ2) is 4.34. The van der Waals surface area contributed by atoms with Gasteiger partial charge in [-0.05, 0) is 50.5 Å². The van der Waals surface area contributed by atoms with Crippen LogP contribution in [0.1, 0.15) is 45.4 Å². The maximum absolute atomic E-state index is 12.2. The maximum atomic E-state index is 12.2. The summed E-state index contributed by atoms with van der Waals surface area (Å²) in [6.45, 7) is 2.19. The van der Waals surface area contributed by atoms with Crippen molar-refractivity contribution in [1.29, 1.82) is 0 Å². The Hall–Kier alpha value is 0.110. The fourth-order valence-corrected chi connectivity index (χ4v) is 6.51. The Bertz CT molecular complexity index is 368. The molecule has 94 valence electrons. The summed E-state index contributed by atoms with van der Waals surface area (Å²) < 4.78 is 0.324. The molecular weight excluding hydrogens is 248 g/mol. The van der Waals surface area contributed by atoms with Gasteiger partial charge in [0, 0.05) is 11.8 Å². The third-order valence-corrected chi connectivity index (χ3v) is 7.84. The quantitative estimate of drug-likeness (QED) is 0.617. The first-order chi connectivity index (χ1) is 8.15. The SMILES string of the molecule is CC12CCC3(C=C1CCCC2=O)SCCCS3. The molecule has 1 heterocycles. The van der Waals surface area contributed by atoms with Gasteiger partial charge >= 0.3 is 0 Å². The van der Waals surface area contributed by atoms with Crippen LogP contribution >= 0.6 is 23.5 Å². The second-order valence-electron chi connectivity index (χ2n) is 5.64. The molecule has 0 aromatic rings. The fraction of sp³-hybridized carbons (Fsp3) is 0.786. The smallest absolute Gasteiger partial charge is 0.142 e. The van der Waals surface area contributed by atoms with Crippen LogP contribution in [0, 0.1) is 5.41 Å². The molecule has 1 spiro atoms. The minimum Gasteiger partial charge on any atom is -0.299 e. The lowest BCUT2D eigenvalue weighted by Crippen LogP contribution is -2.40. The summed E-state index contributed by atoms with van der Waals surface area (Å²) in [5, 5.41) is 0. The molecule has 3 heteroatoms. The molecule has 0 aromatic heterocycles. The number of rotatable bonds is 0. The number of carbonyl (C=O) groups excluding carboxylic acids is 1. The zero-order valence-corrected chi connectivity index (χ0v) is 12.1. The minimum absolute atomic E-state index is 0.0952. The van der Waals surface area contributed by atoms with Crippen molar-refractivity contribution in [2.75, 3.05) is 11.5 Å². The summed E-state index contributed by atoms with van der Waals surface area (Å²) in [5.74, 6) is 3.08. The van der Waals surface area contributed by atoms with Gasteiger partial charge in [0.15, 0.2) is 0 Å². The average Bonchev–Trinajstić information content (AvgIpc) is 2.34. The lowest BCUT2D eigenvalue weighted by Gasteiger charge is -2.46. The second-order valence-corrected chi connectivity index (χ2v) is 8.75. The van der Waals surface area contributed by atoms with Gasteiger partial charge in [-0.2, -0.15) is 0 Å². The lowest BCUT2D eigenvalue weighted by molar-refractivity contribution is -0.128. The zero-order valence-electron chi connectivity index (χ0n) is 10.5. The van der Waals surface area contributed by atoms with Crippen LogP contribution < -0.4 is 0 Å². The molecule has 1 aliphatic heterocycles. The maximum Gasteiger partial charge on any atom is 0.142 e. The van der Waals surface area contributed by atoms with E-state index >= 15 is 0 Å². The van der Waals surface area contributed by atoms with E-state index in [-0.39, 0.29) is 5.41 Å². The van der Waals surface area contributed by atoms with Gasteiger partial charge < -0.3 is 0 Å². The largest absolute Gasteiger partial charge is 0.299 e. The summed E-state index contributed by atoms with van der Waals surface area (Å²) in [5.41, 5.74) is 1.36. The van der Waals surface area contributed by atoms with Gasteiger partial charge in [0.05, 0.1) is 4.08 Å².